The summed E-state index contributed by atoms with van der Waals surface area (Å²) in [4.78, 5) is 0. The molecule has 0 fully saturated rings. The van der Waals surface area contributed by atoms with Crippen LogP contribution in [0, 0.1) is 0 Å². The summed E-state index contributed by atoms with van der Waals surface area (Å²) >= 11 is 0. The van der Waals surface area contributed by atoms with Crippen molar-refractivity contribution in [3.63, 3.8) is 0 Å². The van der Waals surface area contributed by atoms with Crippen LogP contribution in [0.3, 0.4) is 0 Å². The first kappa shape index (κ1) is 11.9. The highest BCUT2D eigenvalue weighted by molar-refractivity contribution is 5.15. The number of hydrogen-bond donors (Lipinski definition) is 1. The summed E-state index contributed by atoms with van der Waals surface area (Å²) in [6.07, 6.45) is 1.02. The maximum atomic E-state index is 13.3. The van der Waals surface area contributed by atoms with Gasteiger partial charge in [0.15, 0.2) is 11.9 Å². The maximum Gasteiger partial charge on any atom is 0.167 e. The first-order chi connectivity index (χ1) is 7.16. The molecule has 1 heterocycles. The second-order valence-electron chi connectivity index (χ2n) is 3.27. The topological polar surface area (TPSA) is 33.4 Å². The Kier molecular flexibility index (Phi) is 4.49. The predicted octanol–water partition coefficient (Wildman–Crippen LogP) is 3.65. The van der Waals surface area contributed by atoms with E-state index in [1.165, 1.54) is 18.4 Å². The van der Waals surface area contributed by atoms with Gasteiger partial charge in [-0.15, -0.1) is 0 Å². The molecule has 1 aromatic heterocycles. The van der Waals surface area contributed by atoms with Gasteiger partial charge in [0.25, 0.3) is 0 Å². The van der Waals surface area contributed by atoms with E-state index < -0.39 is 17.8 Å². The van der Waals surface area contributed by atoms with E-state index in [1.807, 2.05) is 6.92 Å². The highest BCUT2D eigenvalue weighted by atomic mass is 19.2. The molecule has 0 saturated carbocycles. The molecular formula is C11H14F2O2. The molecule has 0 spiro atoms. The van der Waals surface area contributed by atoms with E-state index in [1.54, 1.807) is 0 Å². The fourth-order valence-electron chi connectivity index (χ4n) is 1.17. The minimum Gasteiger partial charge on any atom is -0.466 e. The van der Waals surface area contributed by atoms with Gasteiger partial charge in [0.2, 0.25) is 0 Å². The van der Waals surface area contributed by atoms with Crippen LogP contribution in [0.15, 0.2) is 34.5 Å². The Balaban J connectivity index is 2.70. The minimum absolute atomic E-state index is 0.0131. The van der Waals surface area contributed by atoms with E-state index in [0.29, 0.717) is 6.42 Å². The number of rotatable bonds is 5. The van der Waals surface area contributed by atoms with Crippen LogP contribution in [0.5, 0.6) is 0 Å². The third-order valence-electron chi connectivity index (χ3n) is 2.06. The summed E-state index contributed by atoms with van der Waals surface area (Å²) in [7, 11) is 0. The number of aliphatic hydroxyl groups is 1. The second kappa shape index (κ2) is 5.66. The van der Waals surface area contributed by atoms with Gasteiger partial charge in [0.05, 0.1) is 6.26 Å². The monoisotopic (exact) mass is 216 g/mol. The molecule has 0 saturated heterocycles. The van der Waals surface area contributed by atoms with Gasteiger partial charge in [-0.05, 0) is 18.6 Å². The average molecular weight is 216 g/mol. The van der Waals surface area contributed by atoms with E-state index in [0.717, 1.165) is 6.42 Å². The summed E-state index contributed by atoms with van der Waals surface area (Å²) < 4.78 is 31.2. The molecule has 15 heavy (non-hydrogen) atoms. The molecule has 1 atom stereocenters. The molecule has 1 unspecified atom stereocenters. The molecule has 0 aliphatic heterocycles. The molecule has 4 heteroatoms. The number of unbranched alkanes of at least 4 members (excludes halogenated alkanes) is 1. The average Bonchev–Trinajstić information content (AvgIpc) is 2.77. The molecule has 0 bridgehead atoms. The van der Waals surface area contributed by atoms with E-state index in [-0.39, 0.29) is 12.2 Å². The summed E-state index contributed by atoms with van der Waals surface area (Å²) in [5.74, 6) is -2.04. The normalized spacial score (nSPS) is 14.9. The minimum atomic E-state index is -1.63. The summed E-state index contributed by atoms with van der Waals surface area (Å²) in [5, 5.41) is 9.38. The van der Waals surface area contributed by atoms with Crippen LogP contribution in [0.2, 0.25) is 0 Å². The van der Waals surface area contributed by atoms with Crippen LogP contribution in [-0.4, -0.2) is 5.11 Å². The molecule has 0 aliphatic carbocycles. The number of halogens is 2. The Morgan fingerprint density at radius 2 is 2.27 bits per heavy atom. The van der Waals surface area contributed by atoms with Gasteiger partial charge in [0.1, 0.15) is 11.6 Å². The van der Waals surface area contributed by atoms with Crippen LogP contribution in [-0.2, 0) is 0 Å². The lowest BCUT2D eigenvalue weighted by Crippen LogP contribution is -1.98. The van der Waals surface area contributed by atoms with Crippen molar-refractivity contribution in [2.45, 2.75) is 32.3 Å². The lowest BCUT2D eigenvalue weighted by atomic mass is 10.1. The Morgan fingerprint density at radius 3 is 2.80 bits per heavy atom. The Bertz CT molecular complexity index is 317. The van der Waals surface area contributed by atoms with Crippen LogP contribution in [0.1, 0.15) is 38.1 Å². The van der Waals surface area contributed by atoms with Gasteiger partial charge in [-0.1, -0.05) is 13.3 Å². The van der Waals surface area contributed by atoms with Crippen molar-refractivity contribution in [1.29, 1.82) is 0 Å². The highest BCUT2D eigenvalue weighted by Crippen LogP contribution is 2.28. The van der Waals surface area contributed by atoms with E-state index in [2.05, 4.69) is 0 Å². The molecule has 1 N–H and O–H groups in total. The third-order valence-corrected chi connectivity index (χ3v) is 2.06. The van der Waals surface area contributed by atoms with Crippen molar-refractivity contribution < 1.29 is 18.3 Å². The van der Waals surface area contributed by atoms with Gasteiger partial charge in [-0.2, -0.15) is 0 Å². The number of allylic oxidation sites excluding steroid dienone is 1. The van der Waals surface area contributed by atoms with Gasteiger partial charge in [0, 0.05) is 6.42 Å². The van der Waals surface area contributed by atoms with Crippen LogP contribution in [0.4, 0.5) is 8.78 Å². The highest BCUT2D eigenvalue weighted by Gasteiger charge is 2.20. The fraction of sp³-hybridized carbons (Fsp3) is 0.455. The lowest BCUT2D eigenvalue weighted by Gasteiger charge is -2.06. The first-order valence-corrected chi connectivity index (χ1v) is 4.92. The van der Waals surface area contributed by atoms with Gasteiger partial charge >= 0.3 is 0 Å². The molecule has 2 nitrogen and oxygen atoms in total. The lowest BCUT2D eigenvalue weighted by molar-refractivity contribution is 0.152. The fourth-order valence-corrected chi connectivity index (χ4v) is 1.17. The number of aliphatic hydroxyl groups excluding tert-OH is 1. The Morgan fingerprint density at radius 1 is 1.53 bits per heavy atom. The van der Waals surface area contributed by atoms with Crippen molar-refractivity contribution in [2.75, 3.05) is 0 Å². The summed E-state index contributed by atoms with van der Waals surface area (Å²) in [6.45, 7) is 1.88. The predicted molar refractivity (Wildman–Crippen MR) is 52.4 cm³/mol. The zero-order valence-corrected chi connectivity index (χ0v) is 8.54. The quantitative estimate of drug-likeness (QED) is 0.814. The van der Waals surface area contributed by atoms with E-state index in [4.69, 9.17) is 4.42 Å². The van der Waals surface area contributed by atoms with Gasteiger partial charge in [-0.3, -0.25) is 0 Å². The second-order valence-corrected chi connectivity index (χ2v) is 3.27. The first-order valence-electron chi connectivity index (χ1n) is 4.92. The third kappa shape index (κ3) is 3.16. The molecule has 84 valence electrons. The summed E-state index contributed by atoms with van der Waals surface area (Å²) in [5.41, 5.74) is 0. The Hall–Kier alpha value is -1.16. The zero-order chi connectivity index (χ0) is 11.3. The Labute approximate surface area is 87.2 Å². The van der Waals surface area contributed by atoms with Crippen molar-refractivity contribution in [3.05, 3.63) is 35.8 Å². The van der Waals surface area contributed by atoms with E-state index >= 15 is 0 Å². The van der Waals surface area contributed by atoms with Crippen LogP contribution < -0.4 is 0 Å². The van der Waals surface area contributed by atoms with E-state index in [9.17, 15) is 13.9 Å². The molecule has 0 aromatic carbocycles. The molecule has 1 aromatic rings. The SMILES string of the molecule is CCCC/C(F)=C(\F)C(O)c1ccco1. The van der Waals surface area contributed by atoms with Crippen LogP contribution >= 0.6 is 0 Å². The van der Waals surface area contributed by atoms with Crippen molar-refractivity contribution in [3.8, 4) is 0 Å². The van der Waals surface area contributed by atoms with Gasteiger partial charge < -0.3 is 9.52 Å². The largest absolute Gasteiger partial charge is 0.466 e. The van der Waals surface area contributed by atoms with Crippen molar-refractivity contribution in [1.82, 2.24) is 0 Å². The van der Waals surface area contributed by atoms with Crippen LogP contribution in [0.25, 0.3) is 0 Å². The summed E-state index contributed by atoms with van der Waals surface area (Å²) in [6, 6.07) is 2.91. The molecular weight excluding hydrogens is 202 g/mol. The standard InChI is InChI=1S/C11H14F2O2/c1-2-3-5-8(12)10(13)11(14)9-6-4-7-15-9/h4,6-7,11,14H,2-3,5H2,1H3/b10-8+. The van der Waals surface area contributed by atoms with Crippen molar-refractivity contribution >= 4 is 0 Å². The number of hydrogen-bond acceptors (Lipinski definition) is 2. The smallest absolute Gasteiger partial charge is 0.167 e. The molecule has 0 radical (unpaired) electrons. The molecule has 0 amide bonds. The number of furan rings is 1. The molecule has 1 rings (SSSR count). The molecule has 0 aliphatic rings. The van der Waals surface area contributed by atoms with Gasteiger partial charge in [-0.25, -0.2) is 8.78 Å². The maximum absolute atomic E-state index is 13.3. The zero-order valence-electron chi connectivity index (χ0n) is 8.54. The van der Waals surface area contributed by atoms with Crippen molar-refractivity contribution in [2.24, 2.45) is 0 Å².